The Morgan fingerprint density at radius 3 is 2.83 bits per heavy atom. The maximum atomic E-state index is 11.3. The van der Waals surface area contributed by atoms with Crippen molar-refractivity contribution >= 4 is 17.9 Å². The van der Waals surface area contributed by atoms with Gasteiger partial charge in [0, 0.05) is 18.9 Å². The molecule has 0 saturated carbocycles. The Labute approximate surface area is 107 Å². The van der Waals surface area contributed by atoms with Gasteiger partial charge in [0.05, 0.1) is 5.69 Å². The number of alkyl carbamates (subject to hydrolysis) is 1. The zero-order chi connectivity index (χ0) is 13.6. The van der Waals surface area contributed by atoms with Gasteiger partial charge in [0.1, 0.15) is 5.60 Å². The van der Waals surface area contributed by atoms with Crippen LogP contribution >= 0.6 is 0 Å². The number of nitrogen functional groups attached to an aromatic ring is 1. The lowest BCUT2D eigenvalue weighted by Crippen LogP contribution is -2.32. The first-order valence-corrected chi connectivity index (χ1v) is 5.71. The summed E-state index contributed by atoms with van der Waals surface area (Å²) in [7, 11) is 0. The molecule has 0 aliphatic heterocycles. The minimum Gasteiger partial charge on any atom is -0.444 e. The lowest BCUT2D eigenvalue weighted by molar-refractivity contribution is 0.0534. The molecule has 0 aliphatic carbocycles. The quantitative estimate of drug-likeness (QED) is 0.861. The molecular formula is C13H19N3O2. The van der Waals surface area contributed by atoms with Crippen LogP contribution < -0.4 is 11.1 Å². The summed E-state index contributed by atoms with van der Waals surface area (Å²) in [6.07, 6.45) is 6.48. The molecule has 1 heterocycles. The van der Waals surface area contributed by atoms with Gasteiger partial charge >= 0.3 is 6.09 Å². The molecule has 1 aromatic rings. The van der Waals surface area contributed by atoms with E-state index in [2.05, 4.69) is 10.3 Å². The number of hydrogen-bond donors (Lipinski definition) is 2. The summed E-state index contributed by atoms with van der Waals surface area (Å²) in [5.41, 5.74) is 6.61. The first kappa shape index (κ1) is 14.0. The molecule has 98 valence electrons. The number of anilines is 1. The van der Waals surface area contributed by atoms with Crippen molar-refractivity contribution in [2.75, 3.05) is 12.3 Å². The molecule has 1 aromatic heterocycles. The number of ether oxygens (including phenoxy) is 1. The number of nitrogens with two attached hydrogens (primary N) is 1. The molecule has 5 nitrogen and oxygen atoms in total. The highest BCUT2D eigenvalue weighted by Gasteiger charge is 2.14. The second-order valence-electron chi connectivity index (χ2n) is 4.84. The van der Waals surface area contributed by atoms with Crippen molar-refractivity contribution in [3.8, 4) is 0 Å². The van der Waals surface area contributed by atoms with Crippen LogP contribution in [0.3, 0.4) is 0 Å². The molecule has 0 unspecified atom stereocenters. The number of aromatic nitrogens is 1. The Bertz CT molecular complexity index is 436. The van der Waals surface area contributed by atoms with Crippen molar-refractivity contribution in [2.45, 2.75) is 26.4 Å². The van der Waals surface area contributed by atoms with Gasteiger partial charge in [-0.3, -0.25) is 4.98 Å². The van der Waals surface area contributed by atoms with Crippen LogP contribution in [0.2, 0.25) is 0 Å². The van der Waals surface area contributed by atoms with Crippen molar-refractivity contribution in [2.24, 2.45) is 0 Å². The van der Waals surface area contributed by atoms with Crippen LogP contribution in [0.4, 0.5) is 10.5 Å². The molecule has 5 heteroatoms. The summed E-state index contributed by atoms with van der Waals surface area (Å²) in [6, 6.07) is 1.80. The summed E-state index contributed by atoms with van der Waals surface area (Å²) in [6.45, 7) is 5.85. The Kier molecular flexibility index (Phi) is 4.71. The van der Waals surface area contributed by atoms with E-state index >= 15 is 0 Å². The second-order valence-corrected chi connectivity index (χ2v) is 4.84. The highest BCUT2D eigenvalue weighted by molar-refractivity contribution is 5.68. The van der Waals surface area contributed by atoms with E-state index in [9.17, 15) is 4.79 Å². The molecule has 3 N–H and O–H groups in total. The molecule has 1 amide bonds. The lowest BCUT2D eigenvalue weighted by Gasteiger charge is -2.19. The lowest BCUT2D eigenvalue weighted by atomic mass is 10.2. The normalized spacial score (nSPS) is 11.5. The van der Waals surface area contributed by atoms with Crippen molar-refractivity contribution in [3.05, 3.63) is 30.1 Å². The fraction of sp³-hybridized carbons (Fsp3) is 0.385. The van der Waals surface area contributed by atoms with E-state index in [1.165, 1.54) is 0 Å². The van der Waals surface area contributed by atoms with Gasteiger partial charge in [0.2, 0.25) is 0 Å². The van der Waals surface area contributed by atoms with E-state index in [1.807, 2.05) is 26.8 Å². The number of carbonyl (C=O) groups excluding carboxylic acids is 1. The van der Waals surface area contributed by atoms with Gasteiger partial charge in [-0.15, -0.1) is 0 Å². The Hall–Kier alpha value is -2.04. The zero-order valence-corrected chi connectivity index (χ0v) is 10.9. The smallest absolute Gasteiger partial charge is 0.407 e. The van der Waals surface area contributed by atoms with Crippen LogP contribution in [0.25, 0.3) is 6.08 Å². The third-order valence-corrected chi connectivity index (χ3v) is 1.85. The highest BCUT2D eigenvalue weighted by Crippen LogP contribution is 2.07. The van der Waals surface area contributed by atoms with E-state index in [-0.39, 0.29) is 0 Å². The summed E-state index contributed by atoms with van der Waals surface area (Å²) in [5.74, 6) is 0. The molecule has 0 bridgehead atoms. The van der Waals surface area contributed by atoms with Gasteiger partial charge in [-0.05, 0) is 32.4 Å². The van der Waals surface area contributed by atoms with Gasteiger partial charge in [-0.25, -0.2) is 4.79 Å². The van der Waals surface area contributed by atoms with Gasteiger partial charge < -0.3 is 15.8 Å². The third kappa shape index (κ3) is 5.89. The largest absolute Gasteiger partial charge is 0.444 e. The van der Waals surface area contributed by atoms with Gasteiger partial charge in [-0.1, -0.05) is 12.2 Å². The number of nitrogens with zero attached hydrogens (tertiary/aromatic N) is 1. The minimum atomic E-state index is -0.481. The molecule has 0 aromatic carbocycles. The minimum absolute atomic E-state index is 0.393. The van der Waals surface area contributed by atoms with Crippen LogP contribution in [0.5, 0.6) is 0 Å². The predicted molar refractivity (Wildman–Crippen MR) is 71.9 cm³/mol. The van der Waals surface area contributed by atoms with E-state index in [0.29, 0.717) is 12.2 Å². The highest BCUT2D eigenvalue weighted by atomic mass is 16.6. The maximum absolute atomic E-state index is 11.3. The van der Waals surface area contributed by atoms with Crippen LogP contribution in [-0.4, -0.2) is 23.2 Å². The van der Waals surface area contributed by atoms with Gasteiger partial charge in [-0.2, -0.15) is 0 Å². The Morgan fingerprint density at radius 1 is 1.50 bits per heavy atom. The van der Waals surface area contributed by atoms with Crippen molar-refractivity contribution < 1.29 is 9.53 Å². The molecule has 0 atom stereocenters. The number of nitrogens with one attached hydrogen (secondary N) is 1. The Balaban J connectivity index is 2.36. The number of pyridine rings is 1. The number of rotatable bonds is 3. The van der Waals surface area contributed by atoms with Crippen LogP contribution in [0.15, 0.2) is 24.5 Å². The van der Waals surface area contributed by atoms with E-state index in [4.69, 9.17) is 10.5 Å². The standard InChI is InChI=1S/C13H19N3O2/c1-13(2,3)18-12(17)16-6-4-5-10-7-11(14)9-15-8-10/h4-5,7-9H,6,14H2,1-3H3,(H,16,17)/b5-4-. The fourth-order valence-electron chi connectivity index (χ4n) is 1.22. The average Bonchev–Trinajstić information content (AvgIpc) is 2.22. The zero-order valence-electron chi connectivity index (χ0n) is 10.9. The summed E-state index contributed by atoms with van der Waals surface area (Å²) >= 11 is 0. The van der Waals surface area contributed by atoms with E-state index < -0.39 is 11.7 Å². The fourth-order valence-corrected chi connectivity index (χ4v) is 1.22. The molecule has 1 rings (SSSR count). The van der Waals surface area contributed by atoms with Crippen LogP contribution in [-0.2, 0) is 4.74 Å². The monoisotopic (exact) mass is 249 g/mol. The third-order valence-electron chi connectivity index (χ3n) is 1.85. The van der Waals surface area contributed by atoms with E-state index in [1.54, 1.807) is 24.5 Å². The summed E-state index contributed by atoms with van der Waals surface area (Å²) in [5, 5.41) is 2.62. The number of hydrogen-bond acceptors (Lipinski definition) is 4. The molecule has 0 radical (unpaired) electrons. The maximum Gasteiger partial charge on any atom is 0.407 e. The SMILES string of the molecule is CC(C)(C)OC(=O)NC/C=C\c1cncc(N)c1. The van der Waals surface area contributed by atoms with E-state index in [0.717, 1.165) is 5.56 Å². The molecule has 0 spiro atoms. The first-order chi connectivity index (χ1) is 8.37. The Morgan fingerprint density at radius 2 is 2.22 bits per heavy atom. The molecule has 0 saturated heterocycles. The summed E-state index contributed by atoms with van der Waals surface area (Å²) < 4.78 is 5.09. The molecule has 18 heavy (non-hydrogen) atoms. The second kappa shape index (κ2) is 6.05. The topological polar surface area (TPSA) is 77.2 Å². The first-order valence-electron chi connectivity index (χ1n) is 5.71. The van der Waals surface area contributed by atoms with Crippen molar-refractivity contribution in [1.82, 2.24) is 10.3 Å². The predicted octanol–water partition coefficient (Wildman–Crippen LogP) is 2.20. The number of carbonyl (C=O) groups is 1. The van der Waals surface area contributed by atoms with Gasteiger partial charge in [0.25, 0.3) is 0 Å². The van der Waals surface area contributed by atoms with Crippen molar-refractivity contribution in [3.63, 3.8) is 0 Å². The van der Waals surface area contributed by atoms with Gasteiger partial charge in [0.15, 0.2) is 0 Å². The molecule has 0 aliphatic rings. The average molecular weight is 249 g/mol. The van der Waals surface area contributed by atoms with Crippen LogP contribution in [0.1, 0.15) is 26.3 Å². The number of amides is 1. The molecular weight excluding hydrogens is 230 g/mol. The summed E-state index contributed by atoms with van der Waals surface area (Å²) in [4.78, 5) is 15.3. The van der Waals surface area contributed by atoms with Crippen LogP contribution in [0, 0.1) is 0 Å². The van der Waals surface area contributed by atoms with Crippen molar-refractivity contribution in [1.29, 1.82) is 0 Å². The molecule has 0 fully saturated rings.